The van der Waals surface area contributed by atoms with Crippen molar-refractivity contribution in [3.8, 4) is 0 Å². The van der Waals surface area contributed by atoms with Crippen LogP contribution in [-0.4, -0.2) is 28.7 Å². The lowest BCUT2D eigenvalue weighted by Gasteiger charge is -2.24. The van der Waals surface area contributed by atoms with Crippen LogP contribution in [0.4, 0.5) is 0 Å². The summed E-state index contributed by atoms with van der Waals surface area (Å²) in [5, 5.41) is 9.43. The van der Waals surface area contributed by atoms with Crippen molar-refractivity contribution in [3.05, 3.63) is 12.7 Å². The summed E-state index contributed by atoms with van der Waals surface area (Å²) in [5.74, 6) is -0.145. The third kappa shape index (κ3) is 5.14. The van der Waals surface area contributed by atoms with Gasteiger partial charge in [0.1, 0.15) is 5.60 Å². The number of ketones is 1. The third-order valence-corrected chi connectivity index (χ3v) is 1.96. The Hall–Kier alpha value is -0.670. The minimum atomic E-state index is -0.840. The molecular formula is C11H20O3. The Morgan fingerprint density at radius 2 is 1.93 bits per heavy atom. The highest BCUT2D eigenvalue weighted by atomic mass is 16.5. The van der Waals surface area contributed by atoms with Crippen LogP contribution < -0.4 is 0 Å². The lowest BCUT2D eigenvalue weighted by atomic mass is 10.0. The molecule has 0 rings (SSSR count). The van der Waals surface area contributed by atoms with Gasteiger partial charge in [-0.05, 0) is 40.2 Å². The van der Waals surface area contributed by atoms with Gasteiger partial charge in [0.15, 0.2) is 5.78 Å². The molecule has 0 aliphatic rings. The Morgan fingerprint density at radius 1 is 1.43 bits per heavy atom. The van der Waals surface area contributed by atoms with Crippen molar-refractivity contribution < 1.29 is 14.6 Å². The van der Waals surface area contributed by atoms with E-state index in [9.17, 15) is 9.90 Å². The molecule has 14 heavy (non-hydrogen) atoms. The first-order valence-electron chi connectivity index (χ1n) is 4.72. The maximum Gasteiger partial charge on any atom is 0.186 e. The minimum Gasteiger partial charge on any atom is -0.390 e. The Kier molecular flexibility index (Phi) is 4.49. The van der Waals surface area contributed by atoms with Crippen LogP contribution in [0.5, 0.6) is 0 Å². The van der Waals surface area contributed by atoms with E-state index < -0.39 is 11.2 Å². The van der Waals surface area contributed by atoms with Crippen molar-refractivity contribution in [1.29, 1.82) is 0 Å². The maximum atomic E-state index is 11.3. The number of carbonyl (C=O) groups excluding carboxylic acids is 1. The molecule has 0 bridgehead atoms. The standard InChI is InChI=1S/C11H20O3/c1-6-9(12)11(4,5)14-8-7-10(2,3)13/h6,13H,1,7-8H2,2-5H3. The molecule has 0 aromatic carbocycles. The second-order valence-corrected chi connectivity index (χ2v) is 4.49. The Morgan fingerprint density at radius 3 is 2.29 bits per heavy atom. The zero-order chi connectivity index (χ0) is 11.4. The second kappa shape index (κ2) is 4.71. The molecule has 0 atom stereocenters. The number of aliphatic hydroxyl groups is 1. The van der Waals surface area contributed by atoms with Gasteiger partial charge in [-0.2, -0.15) is 0 Å². The fourth-order valence-electron chi connectivity index (χ4n) is 0.873. The van der Waals surface area contributed by atoms with Crippen LogP contribution in [-0.2, 0) is 9.53 Å². The molecule has 0 radical (unpaired) electrons. The van der Waals surface area contributed by atoms with Gasteiger partial charge in [0.25, 0.3) is 0 Å². The summed E-state index contributed by atoms with van der Waals surface area (Å²) in [6, 6.07) is 0. The molecule has 0 spiro atoms. The van der Waals surface area contributed by atoms with Crippen molar-refractivity contribution in [3.63, 3.8) is 0 Å². The molecule has 3 heteroatoms. The van der Waals surface area contributed by atoms with E-state index in [1.54, 1.807) is 27.7 Å². The summed E-state index contributed by atoms with van der Waals surface area (Å²) in [6.07, 6.45) is 1.75. The van der Waals surface area contributed by atoms with Crippen LogP contribution in [0.25, 0.3) is 0 Å². The molecule has 0 aliphatic heterocycles. The van der Waals surface area contributed by atoms with E-state index >= 15 is 0 Å². The number of carbonyl (C=O) groups is 1. The van der Waals surface area contributed by atoms with Crippen molar-refractivity contribution in [1.82, 2.24) is 0 Å². The Balaban J connectivity index is 4.00. The molecule has 0 heterocycles. The van der Waals surface area contributed by atoms with Crippen molar-refractivity contribution >= 4 is 5.78 Å². The van der Waals surface area contributed by atoms with Crippen molar-refractivity contribution in [2.45, 2.75) is 45.3 Å². The molecule has 0 aromatic heterocycles. The van der Waals surface area contributed by atoms with Crippen LogP contribution in [0.15, 0.2) is 12.7 Å². The molecule has 0 aliphatic carbocycles. The number of ether oxygens (including phenoxy) is 1. The topological polar surface area (TPSA) is 46.5 Å². The summed E-state index contributed by atoms with van der Waals surface area (Å²) in [6.45, 7) is 10.6. The van der Waals surface area contributed by atoms with Gasteiger partial charge in [0, 0.05) is 0 Å². The zero-order valence-electron chi connectivity index (χ0n) is 9.46. The van der Waals surface area contributed by atoms with Crippen LogP contribution >= 0.6 is 0 Å². The summed E-state index contributed by atoms with van der Waals surface area (Å²) < 4.78 is 5.38. The molecule has 0 unspecified atom stereocenters. The molecule has 0 fully saturated rings. The summed E-state index contributed by atoms with van der Waals surface area (Å²) in [4.78, 5) is 11.3. The van der Waals surface area contributed by atoms with E-state index in [4.69, 9.17) is 4.74 Å². The van der Waals surface area contributed by atoms with E-state index in [0.717, 1.165) is 0 Å². The fraction of sp³-hybridized carbons (Fsp3) is 0.727. The maximum absolute atomic E-state index is 11.3. The molecule has 3 nitrogen and oxygen atoms in total. The normalized spacial score (nSPS) is 12.6. The molecule has 82 valence electrons. The average Bonchev–Trinajstić information content (AvgIpc) is 2.00. The predicted octanol–water partition coefficient (Wildman–Crippen LogP) is 1.70. The number of rotatable bonds is 6. The van der Waals surface area contributed by atoms with E-state index in [1.807, 2.05) is 0 Å². The lowest BCUT2D eigenvalue weighted by molar-refractivity contribution is -0.136. The SMILES string of the molecule is C=CC(=O)C(C)(C)OCCC(C)(C)O. The van der Waals surface area contributed by atoms with Crippen LogP contribution in [0.3, 0.4) is 0 Å². The lowest BCUT2D eigenvalue weighted by Crippen LogP contribution is -2.35. The molecule has 0 saturated heterocycles. The van der Waals surface area contributed by atoms with Crippen LogP contribution in [0.2, 0.25) is 0 Å². The second-order valence-electron chi connectivity index (χ2n) is 4.49. The van der Waals surface area contributed by atoms with Crippen molar-refractivity contribution in [2.75, 3.05) is 6.61 Å². The number of hydrogen-bond donors (Lipinski definition) is 1. The minimum absolute atomic E-state index is 0.145. The van der Waals surface area contributed by atoms with Gasteiger partial charge < -0.3 is 9.84 Å². The quantitative estimate of drug-likeness (QED) is 0.664. The Bertz CT molecular complexity index is 211. The molecule has 0 saturated carbocycles. The zero-order valence-corrected chi connectivity index (χ0v) is 9.46. The number of hydrogen-bond acceptors (Lipinski definition) is 3. The summed E-state index contributed by atoms with van der Waals surface area (Å²) in [5.41, 5.74) is -1.60. The third-order valence-electron chi connectivity index (χ3n) is 1.96. The van der Waals surface area contributed by atoms with E-state index in [-0.39, 0.29) is 5.78 Å². The Labute approximate surface area is 85.8 Å². The van der Waals surface area contributed by atoms with Gasteiger partial charge >= 0.3 is 0 Å². The van der Waals surface area contributed by atoms with Gasteiger partial charge in [-0.15, -0.1) is 0 Å². The molecule has 0 amide bonds. The highest BCUT2D eigenvalue weighted by molar-refractivity contribution is 5.95. The average molecular weight is 200 g/mol. The highest BCUT2D eigenvalue weighted by Crippen LogP contribution is 2.14. The molecular weight excluding hydrogens is 180 g/mol. The first-order valence-corrected chi connectivity index (χ1v) is 4.72. The summed E-state index contributed by atoms with van der Waals surface area (Å²) >= 11 is 0. The first kappa shape index (κ1) is 13.3. The highest BCUT2D eigenvalue weighted by Gasteiger charge is 2.26. The van der Waals surface area contributed by atoms with Crippen LogP contribution in [0.1, 0.15) is 34.1 Å². The van der Waals surface area contributed by atoms with Gasteiger partial charge in [-0.3, -0.25) is 4.79 Å². The van der Waals surface area contributed by atoms with Gasteiger partial charge in [0.2, 0.25) is 0 Å². The van der Waals surface area contributed by atoms with Crippen molar-refractivity contribution in [2.24, 2.45) is 0 Å². The van der Waals surface area contributed by atoms with E-state index in [1.165, 1.54) is 6.08 Å². The van der Waals surface area contributed by atoms with Crippen LogP contribution in [0, 0.1) is 0 Å². The largest absolute Gasteiger partial charge is 0.390 e. The molecule has 1 N–H and O–H groups in total. The van der Waals surface area contributed by atoms with E-state index in [2.05, 4.69) is 6.58 Å². The molecule has 0 aromatic rings. The monoisotopic (exact) mass is 200 g/mol. The smallest absolute Gasteiger partial charge is 0.186 e. The summed E-state index contributed by atoms with van der Waals surface area (Å²) in [7, 11) is 0. The van der Waals surface area contributed by atoms with E-state index in [0.29, 0.717) is 13.0 Å². The van der Waals surface area contributed by atoms with Gasteiger partial charge in [-0.25, -0.2) is 0 Å². The van der Waals surface area contributed by atoms with Gasteiger partial charge in [0.05, 0.1) is 12.2 Å². The predicted molar refractivity (Wildman–Crippen MR) is 56.1 cm³/mol. The van der Waals surface area contributed by atoms with Gasteiger partial charge in [-0.1, -0.05) is 6.58 Å². The first-order chi connectivity index (χ1) is 6.19. The fourth-order valence-corrected chi connectivity index (χ4v) is 0.873.